The van der Waals surface area contributed by atoms with Crippen LogP contribution in [0.15, 0.2) is 42.5 Å². The molecule has 0 saturated carbocycles. The number of methoxy groups -OCH3 is 1. The van der Waals surface area contributed by atoms with E-state index in [0.717, 1.165) is 6.07 Å². The van der Waals surface area contributed by atoms with Crippen molar-refractivity contribution in [1.29, 1.82) is 0 Å². The van der Waals surface area contributed by atoms with Crippen LogP contribution in [0.1, 0.15) is 15.9 Å². The Hall–Kier alpha value is -2.45. The van der Waals surface area contributed by atoms with E-state index in [9.17, 15) is 18.0 Å². The molecule has 0 radical (unpaired) electrons. The maximum Gasteiger partial charge on any atom is 0.417 e. The van der Waals surface area contributed by atoms with Crippen molar-refractivity contribution in [3.63, 3.8) is 0 Å². The van der Waals surface area contributed by atoms with Crippen LogP contribution in [-0.4, -0.2) is 62.1 Å². The molecule has 0 atom stereocenters. The lowest BCUT2D eigenvalue weighted by Crippen LogP contribution is -2.49. The highest BCUT2D eigenvalue weighted by atomic mass is 35.5. The van der Waals surface area contributed by atoms with Gasteiger partial charge in [-0.25, -0.2) is 0 Å². The van der Waals surface area contributed by atoms with Gasteiger partial charge in [-0.3, -0.25) is 9.69 Å². The van der Waals surface area contributed by atoms with Crippen molar-refractivity contribution in [2.75, 3.05) is 46.4 Å². The summed E-state index contributed by atoms with van der Waals surface area (Å²) in [5.41, 5.74) is -0.333. The summed E-state index contributed by atoms with van der Waals surface area (Å²) in [7, 11) is 1.55. The van der Waals surface area contributed by atoms with E-state index in [-0.39, 0.29) is 23.3 Å². The first-order valence-corrected chi connectivity index (χ1v) is 9.81. The van der Waals surface area contributed by atoms with Crippen LogP contribution in [0.25, 0.3) is 0 Å². The molecule has 0 unspecified atom stereocenters. The number of nitrogens with zero attached hydrogens (tertiary/aromatic N) is 2. The van der Waals surface area contributed by atoms with Crippen molar-refractivity contribution >= 4 is 17.5 Å². The second-order valence-corrected chi connectivity index (χ2v) is 7.26. The molecule has 2 aromatic carbocycles. The number of amides is 1. The Bertz CT molecular complexity index is 884. The Morgan fingerprint density at radius 1 is 1.07 bits per heavy atom. The molecule has 162 valence electrons. The van der Waals surface area contributed by atoms with E-state index < -0.39 is 11.7 Å². The van der Waals surface area contributed by atoms with Gasteiger partial charge in [0.1, 0.15) is 18.1 Å². The minimum Gasteiger partial charge on any atom is -0.497 e. The topological polar surface area (TPSA) is 42.0 Å². The smallest absolute Gasteiger partial charge is 0.417 e. The summed E-state index contributed by atoms with van der Waals surface area (Å²) in [4.78, 5) is 16.5. The largest absolute Gasteiger partial charge is 0.497 e. The molecule has 0 bridgehead atoms. The van der Waals surface area contributed by atoms with Crippen LogP contribution in [0.4, 0.5) is 13.2 Å². The molecule has 0 aliphatic carbocycles. The Kier molecular flexibility index (Phi) is 7.10. The summed E-state index contributed by atoms with van der Waals surface area (Å²) in [6, 6.07) is 10.5. The predicted molar refractivity (Wildman–Crippen MR) is 107 cm³/mol. The second-order valence-electron chi connectivity index (χ2n) is 6.85. The molecular formula is C21H22ClF3N2O3. The highest BCUT2D eigenvalue weighted by Crippen LogP contribution is 2.36. The lowest BCUT2D eigenvalue weighted by molar-refractivity contribution is -0.137. The standard InChI is InChI=1S/C21H22ClF3N2O3/c1-29-16-4-2-3-15(13-16)20(28)27-9-7-26(8-10-27)11-12-30-17-5-6-19(22)18(14-17)21(23,24)25/h2-6,13-14H,7-12H2,1H3. The lowest BCUT2D eigenvalue weighted by atomic mass is 10.1. The summed E-state index contributed by atoms with van der Waals surface area (Å²) in [6.07, 6.45) is -4.53. The third-order valence-corrected chi connectivity index (χ3v) is 5.23. The van der Waals surface area contributed by atoms with Crippen LogP contribution in [-0.2, 0) is 6.18 Å². The van der Waals surface area contributed by atoms with E-state index in [0.29, 0.717) is 44.0 Å². The third kappa shape index (κ3) is 5.58. The van der Waals surface area contributed by atoms with Crippen LogP contribution in [0.2, 0.25) is 5.02 Å². The average Bonchev–Trinajstić information content (AvgIpc) is 2.74. The number of alkyl halides is 3. The summed E-state index contributed by atoms with van der Waals surface area (Å²) < 4.78 is 49.4. The number of halogens is 4. The van der Waals surface area contributed by atoms with Gasteiger partial charge in [-0.1, -0.05) is 17.7 Å². The molecule has 2 aromatic rings. The van der Waals surface area contributed by atoms with Crippen molar-refractivity contribution in [3.05, 3.63) is 58.6 Å². The van der Waals surface area contributed by atoms with Gasteiger partial charge in [0.2, 0.25) is 0 Å². The maximum absolute atomic E-state index is 12.9. The molecule has 0 N–H and O–H groups in total. The first-order valence-electron chi connectivity index (χ1n) is 9.43. The molecule has 0 spiro atoms. The summed E-state index contributed by atoms with van der Waals surface area (Å²) in [5, 5.41) is -0.355. The van der Waals surface area contributed by atoms with E-state index in [1.165, 1.54) is 12.1 Å². The molecule has 1 aliphatic heterocycles. The molecule has 9 heteroatoms. The van der Waals surface area contributed by atoms with Crippen LogP contribution in [0.3, 0.4) is 0 Å². The molecule has 1 aliphatic rings. The number of ether oxygens (including phenoxy) is 2. The average molecular weight is 443 g/mol. The number of carbonyl (C=O) groups is 1. The number of benzene rings is 2. The Morgan fingerprint density at radius 2 is 1.80 bits per heavy atom. The van der Waals surface area contributed by atoms with E-state index in [4.69, 9.17) is 21.1 Å². The zero-order chi connectivity index (χ0) is 21.7. The number of carbonyl (C=O) groups excluding carboxylic acids is 1. The highest BCUT2D eigenvalue weighted by molar-refractivity contribution is 6.31. The van der Waals surface area contributed by atoms with Crippen molar-refractivity contribution in [2.45, 2.75) is 6.18 Å². The molecule has 1 saturated heterocycles. The SMILES string of the molecule is COc1cccc(C(=O)N2CCN(CCOc3ccc(Cl)c(C(F)(F)F)c3)CC2)c1. The molecule has 30 heavy (non-hydrogen) atoms. The van der Waals surface area contributed by atoms with Crippen LogP contribution >= 0.6 is 11.6 Å². The van der Waals surface area contributed by atoms with E-state index >= 15 is 0 Å². The molecule has 1 amide bonds. The van der Waals surface area contributed by atoms with E-state index in [2.05, 4.69) is 4.90 Å². The number of hydrogen-bond acceptors (Lipinski definition) is 4. The molecule has 1 fully saturated rings. The second kappa shape index (κ2) is 9.57. The van der Waals surface area contributed by atoms with Crippen LogP contribution in [0.5, 0.6) is 11.5 Å². The Labute approximate surface area is 177 Å². The normalized spacial score (nSPS) is 15.2. The number of hydrogen-bond donors (Lipinski definition) is 0. The molecule has 0 aromatic heterocycles. The van der Waals surface area contributed by atoms with Gasteiger partial charge in [0, 0.05) is 38.3 Å². The molecule has 3 rings (SSSR count). The van der Waals surface area contributed by atoms with Gasteiger partial charge >= 0.3 is 6.18 Å². The molecule has 1 heterocycles. The van der Waals surface area contributed by atoms with Gasteiger partial charge in [-0.2, -0.15) is 13.2 Å². The van der Waals surface area contributed by atoms with Gasteiger partial charge in [0.25, 0.3) is 5.91 Å². The van der Waals surface area contributed by atoms with Gasteiger partial charge in [-0.05, 0) is 36.4 Å². The molecular weight excluding hydrogens is 421 g/mol. The minimum atomic E-state index is -4.53. The van der Waals surface area contributed by atoms with Crippen molar-refractivity contribution in [2.24, 2.45) is 0 Å². The van der Waals surface area contributed by atoms with Gasteiger partial charge in [0.15, 0.2) is 0 Å². The maximum atomic E-state index is 12.9. The highest BCUT2D eigenvalue weighted by Gasteiger charge is 2.33. The Morgan fingerprint density at radius 3 is 2.47 bits per heavy atom. The zero-order valence-electron chi connectivity index (χ0n) is 16.4. The van der Waals surface area contributed by atoms with E-state index in [1.54, 1.807) is 36.3 Å². The zero-order valence-corrected chi connectivity index (χ0v) is 17.2. The van der Waals surface area contributed by atoms with Crippen molar-refractivity contribution in [1.82, 2.24) is 9.80 Å². The van der Waals surface area contributed by atoms with Crippen molar-refractivity contribution < 1.29 is 27.4 Å². The first-order chi connectivity index (χ1) is 14.3. The quantitative estimate of drug-likeness (QED) is 0.672. The Balaban J connectivity index is 1.47. The van der Waals surface area contributed by atoms with Gasteiger partial charge in [0.05, 0.1) is 17.7 Å². The van der Waals surface area contributed by atoms with Crippen LogP contribution < -0.4 is 9.47 Å². The first kappa shape index (κ1) is 22.2. The van der Waals surface area contributed by atoms with Gasteiger partial charge in [-0.15, -0.1) is 0 Å². The fraction of sp³-hybridized carbons (Fsp3) is 0.381. The predicted octanol–water partition coefficient (Wildman–Crippen LogP) is 4.20. The van der Waals surface area contributed by atoms with Crippen molar-refractivity contribution in [3.8, 4) is 11.5 Å². The third-order valence-electron chi connectivity index (χ3n) is 4.90. The fourth-order valence-electron chi connectivity index (χ4n) is 3.22. The molecule has 5 nitrogen and oxygen atoms in total. The summed E-state index contributed by atoms with van der Waals surface area (Å²) >= 11 is 5.61. The summed E-state index contributed by atoms with van der Waals surface area (Å²) in [6.45, 7) is 3.24. The van der Waals surface area contributed by atoms with E-state index in [1.807, 2.05) is 0 Å². The summed E-state index contributed by atoms with van der Waals surface area (Å²) in [5.74, 6) is 0.705. The number of piperazine rings is 1. The fourth-order valence-corrected chi connectivity index (χ4v) is 3.44. The lowest BCUT2D eigenvalue weighted by Gasteiger charge is -2.34. The minimum absolute atomic E-state index is 0.0503. The van der Waals surface area contributed by atoms with Gasteiger partial charge < -0.3 is 14.4 Å². The van der Waals surface area contributed by atoms with Crippen LogP contribution in [0, 0.1) is 0 Å². The number of rotatable bonds is 6. The monoisotopic (exact) mass is 442 g/mol.